The van der Waals surface area contributed by atoms with Crippen molar-refractivity contribution in [3.8, 4) is 0 Å². The minimum absolute atomic E-state index is 0.00449. The van der Waals surface area contributed by atoms with E-state index in [1.54, 1.807) is 67.1 Å². The highest BCUT2D eigenvalue weighted by Crippen LogP contribution is 2.23. The first-order valence-corrected chi connectivity index (χ1v) is 10.5. The molecule has 0 spiro atoms. The predicted octanol–water partition coefficient (Wildman–Crippen LogP) is 4.14. The average molecular weight is 471 g/mol. The zero-order valence-corrected chi connectivity index (χ0v) is 19.1. The van der Waals surface area contributed by atoms with Gasteiger partial charge in [-0.1, -0.05) is 35.9 Å². The maximum atomic E-state index is 12.8. The van der Waals surface area contributed by atoms with Gasteiger partial charge in [-0.05, 0) is 49.2 Å². The van der Waals surface area contributed by atoms with Crippen LogP contribution in [0.3, 0.4) is 0 Å². The standard InChI is InChI=1S/C23H23ClN4O5/c1-14-22(28(31)32)15(2)27(26-14)13-16-4-6-18(7-5-16)23(30)25-20(12-21(29)33-3)17-8-10-19(24)11-9-17/h4-11,20H,12-13H2,1-3H3,(H,25,30). The van der Waals surface area contributed by atoms with Crippen molar-refractivity contribution in [1.29, 1.82) is 0 Å². The predicted molar refractivity (Wildman–Crippen MR) is 122 cm³/mol. The molecule has 0 aliphatic heterocycles. The molecule has 1 unspecified atom stereocenters. The van der Waals surface area contributed by atoms with Crippen molar-refractivity contribution in [1.82, 2.24) is 15.1 Å². The van der Waals surface area contributed by atoms with Gasteiger partial charge in [0.25, 0.3) is 5.91 Å². The normalized spacial score (nSPS) is 11.6. The number of nitrogens with one attached hydrogen (secondary N) is 1. The maximum absolute atomic E-state index is 12.8. The molecule has 172 valence electrons. The van der Waals surface area contributed by atoms with Crippen LogP contribution in [0.1, 0.15) is 45.3 Å². The number of carbonyl (C=O) groups excluding carboxylic acids is 2. The summed E-state index contributed by atoms with van der Waals surface area (Å²) in [5.41, 5.74) is 2.78. The molecule has 2 aromatic carbocycles. The second-order valence-electron chi connectivity index (χ2n) is 7.49. The number of carbonyl (C=O) groups is 2. The molecule has 0 bridgehead atoms. The minimum atomic E-state index is -0.586. The van der Waals surface area contributed by atoms with E-state index in [-0.39, 0.29) is 18.0 Å². The van der Waals surface area contributed by atoms with Gasteiger partial charge in [-0.15, -0.1) is 0 Å². The summed E-state index contributed by atoms with van der Waals surface area (Å²) in [4.78, 5) is 35.4. The van der Waals surface area contributed by atoms with E-state index in [4.69, 9.17) is 16.3 Å². The summed E-state index contributed by atoms with van der Waals surface area (Å²) in [6.45, 7) is 3.58. The van der Waals surface area contributed by atoms with Crippen molar-refractivity contribution in [2.45, 2.75) is 32.9 Å². The number of rotatable bonds is 8. The van der Waals surface area contributed by atoms with E-state index in [2.05, 4.69) is 10.4 Å². The second-order valence-corrected chi connectivity index (χ2v) is 7.93. The van der Waals surface area contributed by atoms with Crippen LogP contribution in [0.4, 0.5) is 5.69 Å². The number of nitrogens with zero attached hydrogens (tertiary/aromatic N) is 3. The summed E-state index contributed by atoms with van der Waals surface area (Å²) in [7, 11) is 1.29. The molecule has 1 N–H and O–H groups in total. The van der Waals surface area contributed by atoms with Crippen LogP contribution < -0.4 is 5.32 Å². The van der Waals surface area contributed by atoms with Crippen LogP contribution in [0.2, 0.25) is 5.02 Å². The minimum Gasteiger partial charge on any atom is -0.469 e. The molecule has 10 heteroatoms. The molecule has 33 heavy (non-hydrogen) atoms. The molecule has 1 aromatic heterocycles. The summed E-state index contributed by atoms with van der Waals surface area (Å²) < 4.78 is 6.32. The van der Waals surface area contributed by atoms with E-state index < -0.39 is 16.9 Å². The van der Waals surface area contributed by atoms with Gasteiger partial charge in [0.15, 0.2) is 0 Å². The lowest BCUT2D eigenvalue weighted by Crippen LogP contribution is -2.30. The molecule has 0 fully saturated rings. The molecule has 0 radical (unpaired) electrons. The van der Waals surface area contributed by atoms with Gasteiger partial charge < -0.3 is 10.1 Å². The highest BCUT2D eigenvalue weighted by molar-refractivity contribution is 6.30. The van der Waals surface area contributed by atoms with Crippen LogP contribution in [-0.4, -0.2) is 33.7 Å². The number of halogens is 1. The first-order valence-electron chi connectivity index (χ1n) is 10.1. The van der Waals surface area contributed by atoms with Crippen LogP contribution in [-0.2, 0) is 16.1 Å². The van der Waals surface area contributed by atoms with Crippen molar-refractivity contribution in [3.05, 3.63) is 91.7 Å². The van der Waals surface area contributed by atoms with Gasteiger partial charge in [-0.25, -0.2) is 0 Å². The van der Waals surface area contributed by atoms with Crippen molar-refractivity contribution in [3.63, 3.8) is 0 Å². The fourth-order valence-electron chi connectivity index (χ4n) is 3.48. The Bertz CT molecular complexity index is 1170. The second kappa shape index (κ2) is 10.3. The number of hydrogen-bond acceptors (Lipinski definition) is 6. The Morgan fingerprint density at radius 3 is 2.33 bits per heavy atom. The van der Waals surface area contributed by atoms with E-state index in [0.717, 1.165) is 11.1 Å². The third-order valence-corrected chi connectivity index (χ3v) is 5.50. The topological polar surface area (TPSA) is 116 Å². The van der Waals surface area contributed by atoms with Gasteiger partial charge in [0.2, 0.25) is 0 Å². The van der Waals surface area contributed by atoms with Gasteiger partial charge >= 0.3 is 11.7 Å². The summed E-state index contributed by atoms with van der Waals surface area (Å²) in [5.74, 6) is -0.809. The third-order valence-electron chi connectivity index (χ3n) is 5.25. The zero-order valence-electron chi connectivity index (χ0n) is 18.4. The molecule has 1 amide bonds. The Kier molecular flexibility index (Phi) is 7.44. The Balaban J connectivity index is 1.74. The fourth-order valence-corrected chi connectivity index (χ4v) is 3.60. The number of ether oxygens (including phenoxy) is 1. The molecule has 3 rings (SSSR count). The smallest absolute Gasteiger partial charge is 0.312 e. The number of esters is 1. The molecule has 1 atom stereocenters. The largest absolute Gasteiger partial charge is 0.469 e. The summed E-state index contributed by atoms with van der Waals surface area (Å²) >= 11 is 5.94. The summed E-state index contributed by atoms with van der Waals surface area (Å²) in [5, 5.41) is 18.8. The monoisotopic (exact) mass is 470 g/mol. The summed E-state index contributed by atoms with van der Waals surface area (Å²) in [6, 6.07) is 13.1. The average Bonchev–Trinajstić information content (AvgIpc) is 3.06. The zero-order chi connectivity index (χ0) is 24.1. The highest BCUT2D eigenvalue weighted by atomic mass is 35.5. The number of amides is 1. The van der Waals surface area contributed by atoms with E-state index >= 15 is 0 Å². The molecule has 0 aliphatic carbocycles. The number of hydrogen-bond donors (Lipinski definition) is 1. The lowest BCUT2D eigenvalue weighted by Gasteiger charge is -2.18. The van der Waals surface area contributed by atoms with Crippen molar-refractivity contribution >= 4 is 29.2 Å². The Hall–Kier alpha value is -3.72. The number of aryl methyl sites for hydroxylation is 1. The van der Waals surface area contributed by atoms with Crippen LogP contribution in [0.15, 0.2) is 48.5 Å². The van der Waals surface area contributed by atoms with Crippen molar-refractivity contribution in [2.75, 3.05) is 7.11 Å². The van der Waals surface area contributed by atoms with Crippen molar-refractivity contribution < 1.29 is 19.2 Å². The quantitative estimate of drug-likeness (QED) is 0.300. The van der Waals surface area contributed by atoms with Crippen LogP contribution in [0, 0.1) is 24.0 Å². The Morgan fingerprint density at radius 1 is 1.15 bits per heavy atom. The molecule has 0 aliphatic rings. The van der Waals surface area contributed by atoms with E-state index in [1.165, 1.54) is 7.11 Å². The third kappa shape index (κ3) is 5.75. The van der Waals surface area contributed by atoms with Crippen LogP contribution in [0.5, 0.6) is 0 Å². The Labute approximate surface area is 195 Å². The Morgan fingerprint density at radius 2 is 1.79 bits per heavy atom. The van der Waals surface area contributed by atoms with Gasteiger partial charge in [-0.3, -0.25) is 24.4 Å². The highest BCUT2D eigenvalue weighted by Gasteiger charge is 2.22. The molecule has 0 saturated carbocycles. The number of nitro groups is 1. The fraction of sp³-hybridized carbons (Fsp3) is 0.261. The van der Waals surface area contributed by atoms with Gasteiger partial charge in [0.05, 0.1) is 31.0 Å². The van der Waals surface area contributed by atoms with E-state index in [0.29, 0.717) is 28.5 Å². The SMILES string of the molecule is COC(=O)CC(NC(=O)c1ccc(Cn2nc(C)c([N+](=O)[O-])c2C)cc1)c1ccc(Cl)cc1. The van der Waals surface area contributed by atoms with Crippen molar-refractivity contribution in [2.24, 2.45) is 0 Å². The molecule has 3 aromatic rings. The number of methoxy groups -OCH3 is 1. The number of benzene rings is 2. The lowest BCUT2D eigenvalue weighted by molar-refractivity contribution is -0.386. The summed E-state index contributed by atoms with van der Waals surface area (Å²) in [6.07, 6.45) is -0.0291. The van der Waals surface area contributed by atoms with E-state index in [1.807, 2.05) is 0 Å². The van der Waals surface area contributed by atoms with Crippen LogP contribution in [0.25, 0.3) is 0 Å². The van der Waals surface area contributed by atoms with Crippen LogP contribution >= 0.6 is 11.6 Å². The molecule has 0 saturated heterocycles. The first-order chi connectivity index (χ1) is 15.7. The first kappa shape index (κ1) is 23.9. The molecular weight excluding hydrogens is 448 g/mol. The lowest BCUT2D eigenvalue weighted by atomic mass is 10.0. The molecular formula is C23H23ClN4O5. The number of aromatic nitrogens is 2. The van der Waals surface area contributed by atoms with Gasteiger partial charge in [-0.2, -0.15) is 5.10 Å². The van der Waals surface area contributed by atoms with Gasteiger partial charge in [0, 0.05) is 10.6 Å². The van der Waals surface area contributed by atoms with E-state index in [9.17, 15) is 19.7 Å². The van der Waals surface area contributed by atoms with Gasteiger partial charge in [0.1, 0.15) is 11.4 Å². The maximum Gasteiger partial charge on any atom is 0.312 e. The molecule has 9 nitrogen and oxygen atoms in total. The molecule has 1 heterocycles.